The van der Waals surface area contributed by atoms with Crippen LogP contribution in [0, 0.1) is 0 Å². The highest BCUT2D eigenvalue weighted by molar-refractivity contribution is 5.42. The van der Waals surface area contributed by atoms with Crippen LogP contribution in [0.25, 0.3) is 0 Å². The first-order valence-electron chi connectivity index (χ1n) is 7.78. The van der Waals surface area contributed by atoms with E-state index in [1.807, 2.05) is 26.1 Å². The summed E-state index contributed by atoms with van der Waals surface area (Å²) in [6.45, 7) is 4.92. The van der Waals surface area contributed by atoms with Crippen LogP contribution < -0.4 is 10.1 Å². The molecule has 0 aliphatic heterocycles. The van der Waals surface area contributed by atoms with E-state index in [9.17, 15) is 0 Å². The standard InChI is InChI=1S/C19H25NO/c1-4-9-15-10-8-11-16(14-15)19(20-3)17-12-6-7-13-18(17)21-5-2/h6-8,10-14,19-20H,4-5,9H2,1-3H3. The molecule has 1 atom stereocenters. The van der Waals surface area contributed by atoms with Crippen LogP contribution >= 0.6 is 0 Å². The van der Waals surface area contributed by atoms with Crippen LogP contribution in [0.5, 0.6) is 5.75 Å². The molecule has 2 aromatic carbocycles. The lowest BCUT2D eigenvalue weighted by molar-refractivity contribution is 0.334. The number of hydrogen-bond donors (Lipinski definition) is 1. The summed E-state index contributed by atoms with van der Waals surface area (Å²) in [4.78, 5) is 0. The van der Waals surface area contributed by atoms with E-state index in [-0.39, 0.29) is 6.04 Å². The Morgan fingerprint density at radius 2 is 1.86 bits per heavy atom. The highest BCUT2D eigenvalue weighted by Crippen LogP contribution is 2.30. The zero-order chi connectivity index (χ0) is 15.1. The molecule has 0 radical (unpaired) electrons. The molecule has 0 spiro atoms. The maximum absolute atomic E-state index is 5.78. The summed E-state index contributed by atoms with van der Waals surface area (Å²) >= 11 is 0. The molecule has 2 aromatic rings. The normalized spacial score (nSPS) is 12.1. The van der Waals surface area contributed by atoms with Gasteiger partial charge in [-0.1, -0.05) is 55.8 Å². The molecule has 0 aliphatic carbocycles. The van der Waals surface area contributed by atoms with Crippen molar-refractivity contribution in [2.24, 2.45) is 0 Å². The molecule has 2 nitrogen and oxygen atoms in total. The number of ether oxygens (including phenoxy) is 1. The number of hydrogen-bond acceptors (Lipinski definition) is 2. The molecule has 2 heteroatoms. The molecule has 0 heterocycles. The molecule has 0 amide bonds. The second kappa shape index (κ2) is 7.84. The van der Waals surface area contributed by atoms with Crippen molar-refractivity contribution in [1.29, 1.82) is 0 Å². The first-order valence-corrected chi connectivity index (χ1v) is 7.78. The fourth-order valence-electron chi connectivity index (χ4n) is 2.72. The molecule has 2 rings (SSSR count). The van der Waals surface area contributed by atoms with Crippen LogP contribution in [-0.2, 0) is 6.42 Å². The van der Waals surface area contributed by atoms with Crippen molar-refractivity contribution in [3.05, 3.63) is 65.2 Å². The van der Waals surface area contributed by atoms with Gasteiger partial charge in [0.15, 0.2) is 0 Å². The van der Waals surface area contributed by atoms with Crippen LogP contribution in [0.1, 0.15) is 43.0 Å². The molecule has 0 saturated heterocycles. The van der Waals surface area contributed by atoms with Crippen molar-refractivity contribution < 1.29 is 4.74 Å². The molecule has 0 saturated carbocycles. The van der Waals surface area contributed by atoms with Crippen LogP contribution in [-0.4, -0.2) is 13.7 Å². The second-order valence-corrected chi connectivity index (χ2v) is 5.19. The predicted octanol–water partition coefficient (Wildman–Crippen LogP) is 4.35. The Kier molecular flexibility index (Phi) is 5.82. The Labute approximate surface area is 128 Å². The number of nitrogens with one attached hydrogen (secondary N) is 1. The van der Waals surface area contributed by atoms with Crippen molar-refractivity contribution in [2.75, 3.05) is 13.7 Å². The minimum Gasteiger partial charge on any atom is -0.494 e. The third-order valence-electron chi connectivity index (χ3n) is 3.64. The first-order chi connectivity index (χ1) is 10.3. The van der Waals surface area contributed by atoms with E-state index in [0.29, 0.717) is 6.61 Å². The van der Waals surface area contributed by atoms with E-state index in [4.69, 9.17) is 4.74 Å². The quantitative estimate of drug-likeness (QED) is 0.816. The highest BCUT2D eigenvalue weighted by Gasteiger charge is 2.16. The van der Waals surface area contributed by atoms with Gasteiger partial charge in [0.25, 0.3) is 0 Å². The minimum atomic E-state index is 0.157. The van der Waals surface area contributed by atoms with Crippen LogP contribution in [0.2, 0.25) is 0 Å². The maximum atomic E-state index is 5.78. The third-order valence-corrected chi connectivity index (χ3v) is 3.64. The van der Waals surface area contributed by atoms with Crippen LogP contribution in [0.15, 0.2) is 48.5 Å². The summed E-state index contributed by atoms with van der Waals surface area (Å²) in [5, 5.41) is 3.42. The summed E-state index contributed by atoms with van der Waals surface area (Å²) < 4.78 is 5.78. The van der Waals surface area contributed by atoms with Gasteiger partial charge in [0.2, 0.25) is 0 Å². The third kappa shape index (κ3) is 3.85. The van der Waals surface area contributed by atoms with E-state index in [2.05, 4.69) is 48.6 Å². The molecule has 1 N–H and O–H groups in total. The van der Waals surface area contributed by atoms with Gasteiger partial charge in [-0.25, -0.2) is 0 Å². The molecule has 0 aromatic heterocycles. The zero-order valence-corrected chi connectivity index (χ0v) is 13.2. The lowest BCUT2D eigenvalue weighted by Gasteiger charge is -2.21. The molecule has 21 heavy (non-hydrogen) atoms. The van der Waals surface area contributed by atoms with E-state index in [1.54, 1.807) is 0 Å². The average Bonchev–Trinajstić information content (AvgIpc) is 2.51. The first kappa shape index (κ1) is 15.6. The van der Waals surface area contributed by atoms with Crippen molar-refractivity contribution in [1.82, 2.24) is 5.32 Å². The van der Waals surface area contributed by atoms with E-state index >= 15 is 0 Å². The van der Waals surface area contributed by atoms with Crippen molar-refractivity contribution >= 4 is 0 Å². The summed E-state index contributed by atoms with van der Waals surface area (Å²) in [6.07, 6.45) is 2.29. The Hall–Kier alpha value is -1.80. The van der Waals surface area contributed by atoms with Crippen molar-refractivity contribution in [3.63, 3.8) is 0 Å². The van der Waals surface area contributed by atoms with Gasteiger partial charge < -0.3 is 10.1 Å². The zero-order valence-electron chi connectivity index (χ0n) is 13.2. The average molecular weight is 283 g/mol. The van der Waals surface area contributed by atoms with Gasteiger partial charge in [0, 0.05) is 5.56 Å². The number of rotatable bonds is 7. The summed E-state index contributed by atoms with van der Waals surface area (Å²) in [5.41, 5.74) is 3.87. The molecule has 0 fully saturated rings. The summed E-state index contributed by atoms with van der Waals surface area (Å²) in [6, 6.07) is 17.3. The van der Waals surface area contributed by atoms with Crippen molar-refractivity contribution in [2.45, 2.75) is 32.7 Å². The molecular formula is C19H25NO. The molecule has 0 bridgehead atoms. The van der Waals surface area contributed by atoms with Gasteiger partial charge in [-0.15, -0.1) is 0 Å². The van der Waals surface area contributed by atoms with E-state index in [0.717, 1.165) is 12.2 Å². The van der Waals surface area contributed by atoms with Gasteiger partial charge in [0.05, 0.1) is 12.6 Å². The Morgan fingerprint density at radius 1 is 1.05 bits per heavy atom. The molecule has 112 valence electrons. The van der Waals surface area contributed by atoms with E-state index in [1.165, 1.54) is 23.1 Å². The Balaban J connectivity index is 2.37. The topological polar surface area (TPSA) is 21.3 Å². The van der Waals surface area contributed by atoms with Gasteiger partial charge in [0.1, 0.15) is 5.75 Å². The van der Waals surface area contributed by atoms with Crippen LogP contribution in [0.3, 0.4) is 0 Å². The molecule has 0 aliphatic rings. The van der Waals surface area contributed by atoms with Gasteiger partial charge in [-0.3, -0.25) is 0 Å². The second-order valence-electron chi connectivity index (χ2n) is 5.19. The lowest BCUT2D eigenvalue weighted by Crippen LogP contribution is -2.18. The van der Waals surface area contributed by atoms with E-state index < -0.39 is 0 Å². The number of para-hydroxylation sites is 1. The van der Waals surface area contributed by atoms with Gasteiger partial charge in [-0.05, 0) is 37.6 Å². The maximum Gasteiger partial charge on any atom is 0.124 e. The smallest absolute Gasteiger partial charge is 0.124 e. The lowest BCUT2D eigenvalue weighted by atomic mass is 9.95. The molecular weight excluding hydrogens is 258 g/mol. The van der Waals surface area contributed by atoms with Gasteiger partial charge in [-0.2, -0.15) is 0 Å². The monoisotopic (exact) mass is 283 g/mol. The van der Waals surface area contributed by atoms with Crippen LogP contribution in [0.4, 0.5) is 0 Å². The van der Waals surface area contributed by atoms with Crippen molar-refractivity contribution in [3.8, 4) is 5.75 Å². The minimum absolute atomic E-state index is 0.157. The largest absolute Gasteiger partial charge is 0.494 e. The number of aryl methyl sites for hydroxylation is 1. The Morgan fingerprint density at radius 3 is 2.57 bits per heavy atom. The summed E-state index contributed by atoms with van der Waals surface area (Å²) in [7, 11) is 2.00. The fourth-order valence-corrected chi connectivity index (χ4v) is 2.72. The molecule has 1 unspecified atom stereocenters. The highest BCUT2D eigenvalue weighted by atomic mass is 16.5. The summed E-state index contributed by atoms with van der Waals surface area (Å²) in [5.74, 6) is 0.959. The number of benzene rings is 2. The Bertz CT molecular complexity index is 565. The predicted molar refractivity (Wildman–Crippen MR) is 89.0 cm³/mol. The SMILES string of the molecule is CCCc1cccc(C(NC)c2ccccc2OCC)c1. The van der Waals surface area contributed by atoms with Gasteiger partial charge >= 0.3 is 0 Å². The fraction of sp³-hybridized carbons (Fsp3) is 0.368.